The Morgan fingerprint density at radius 1 is 1.32 bits per heavy atom. The molecule has 1 atom stereocenters. The van der Waals surface area contributed by atoms with Crippen LogP contribution in [0.25, 0.3) is 0 Å². The molecule has 1 aromatic rings. The zero-order valence-corrected chi connectivity index (χ0v) is 14.0. The Morgan fingerprint density at radius 2 is 2.00 bits per heavy atom. The molecule has 0 aromatic heterocycles. The Balaban J connectivity index is 2.08. The van der Waals surface area contributed by atoms with E-state index in [1.807, 2.05) is 0 Å². The number of halogens is 1. The second-order valence-electron chi connectivity index (χ2n) is 5.58. The van der Waals surface area contributed by atoms with Crippen LogP contribution in [-0.2, 0) is 25.8 Å². The SMILES string of the molecule is Cc1ccc(CS(=O)(=O)N2CC[C@H](NS(C)(=O)=O)C2)c(F)c1. The van der Waals surface area contributed by atoms with Gasteiger partial charge in [-0.2, -0.15) is 4.31 Å². The van der Waals surface area contributed by atoms with E-state index in [0.29, 0.717) is 6.42 Å². The molecular formula is C13H19FN2O4S2. The van der Waals surface area contributed by atoms with Crippen LogP contribution in [0.5, 0.6) is 0 Å². The van der Waals surface area contributed by atoms with E-state index >= 15 is 0 Å². The van der Waals surface area contributed by atoms with Gasteiger partial charge in [0.05, 0.1) is 12.0 Å². The highest BCUT2D eigenvalue weighted by molar-refractivity contribution is 7.89. The molecule has 1 saturated heterocycles. The highest BCUT2D eigenvalue weighted by Gasteiger charge is 2.33. The van der Waals surface area contributed by atoms with Gasteiger partial charge in [-0.25, -0.2) is 25.9 Å². The first-order chi connectivity index (χ1) is 10.1. The molecule has 22 heavy (non-hydrogen) atoms. The number of hydrogen-bond acceptors (Lipinski definition) is 4. The van der Waals surface area contributed by atoms with Crippen LogP contribution in [-0.4, -0.2) is 46.5 Å². The fourth-order valence-corrected chi connectivity index (χ4v) is 4.84. The summed E-state index contributed by atoms with van der Waals surface area (Å²) in [6.45, 7) is 2.02. The van der Waals surface area contributed by atoms with E-state index < -0.39 is 37.7 Å². The minimum atomic E-state index is -3.68. The van der Waals surface area contributed by atoms with E-state index in [2.05, 4.69) is 4.72 Å². The summed E-state index contributed by atoms with van der Waals surface area (Å²) in [6.07, 6.45) is 1.44. The molecule has 124 valence electrons. The molecule has 0 aliphatic carbocycles. The molecule has 1 aliphatic rings. The molecule has 1 heterocycles. The Morgan fingerprint density at radius 3 is 2.59 bits per heavy atom. The van der Waals surface area contributed by atoms with Gasteiger partial charge in [0.1, 0.15) is 5.82 Å². The predicted molar refractivity (Wildman–Crippen MR) is 81.7 cm³/mol. The third-order valence-corrected chi connectivity index (χ3v) is 6.03. The van der Waals surface area contributed by atoms with E-state index in [0.717, 1.165) is 11.8 Å². The van der Waals surface area contributed by atoms with Crippen LogP contribution >= 0.6 is 0 Å². The average Bonchev–Trinajstić information content (AvgIpc) is 2.79. The minimum absolute atomic E-state index is 0.0723. The van der Waals surface area contributed by atoms with Crippen molar-refractivity contribution in [1.29, 1.82) is 0 Å². The van der Waals surface area contributed by atoms with Gasteiger partial charge in [-0.05, 0) is 25.0 Å². The van der Waals surface area contributed by atoms with Gasteiger partial charge in [0.2, 0.25) is 20.0 Å². The maximum Gasteiger partial charge on any atom is 0.218 e. The standard InChI is InChI=1S/C13H19FN2O4S2/c1-10-3-4-11(13(14)7-10)9-22(19,20)16-6-5-12(8-16)15-21(2,17)18/h3-4,7,12,15H,5-6,8-9H2,1-2H3/t12-/m0/s1. The van der Waals surface area contributed by atoms with Crippen molar-refractivity contribution < 1.29 is 21.2 Å². The zero-order valence-electron chi connectivity index (χ0n) is 12.4. The molecule has 1 fully saturated rings. The van der Waals surface area contributed by atoms with Crippen LogP contribution in [0.1, 0.15) is 17.5 Å². The lowest BCUT2D eigenvalue weighted by molar-refractivity contribution is 0.465. The second-order valence-corrected chi connectivity index (χ2v) is 9.33. The summed E-state index contributed by atoms with van der Waals surface area (Å²) >= 11 is 0. The number of nitrogens with zero attached hydrogens (tertiary/aromatic N) is 1. The van der Waals surface area contributed by atoms with Crippen molar-refractivity contribution in [3.05, 3.63) is 35.1 Å². The molecule has 0 bridgehead atoms. The number of benzene rings is 1. The summed E-state index contributed by atoms with van der Waals surface area (Å²) in [4.78, 5) is 0. The minimum Gasteiger partial charge on any atom is -0.213 e. The third-order valence-electron chi connectivity index (χ3n) is 3.47. The van der Waals surface area contributed by atoms with Crippen molar-refractivity contribution in [2.24, 2.45) is 0 Å². The van der Waals surface area contributed by atoms with Gasteiger partial charge < -0.3 is 0 Å². The number of sulfonamides is 2. The van der Waals surface area contributed by atoms with Crippen molar-refractivity contribution in [2.75, 3.05) is 19.3 Å². The smallest absolute Gasteiger partial charge is 0.213 e. The topological polar surface area (TPSA) is 83.6 Å². The first-order valence-corrected chi connectivity index (χ1v) is 10.3. The number of hydrogen-bond donors (Lipinski definition) is 1. The van der Waals surface area contributed by atoms with Crippen LogP contribution in [0, 0.1) is 12.7 Å². The fourth-order valence-electron chi connectivity index (χ4n) is 2.44. The Bertz CT molecular complexity index is 762. The monoisotopic (exact) mass is 350 g/mol. The summed E-state index contributed by atoms with van der Waals surface area (Å²) < 4.78 is 64.4. The molecule has 9 heteroatoms. The summed E-state index contributed by atoms with van der Waals surface area (Å²) in [5.74, 6) is -0.973. The molecule has 0 spiro atoms. The number of nitrogens with one attached hydrogen (secondary N) is 1. The van der Waals surface area contributed by atoms with Crippen molar-refractivity contribution in [1.82, 2.24) is 9.03 Å². The van der Waals surface area contributed by atoms with E-state index in [9.17, 15) is 21.2 Å². The van der Waals surface area contributed by atoms with Crippen molar-refractivity contribution in [3.63, 3.8) is 0 Å². The first kappa shape index (κ1) is 17.3. The van der Waals surface area contributed by atoms with Crippen LogP contribution in [0.3, 0.4) is 0 Å². The van der Waals surface area contributed by atoms with Gasteiger partial charge >= 0.3 is 0 Å². The quantitative estimate of drug-likeness (QED) is 0.842. The van der Waals surface area contributed by atoms with Crippen molar-refractivity contribution in [2.45, 2.75) is 25.1 Å². The molecule has 2 rings (SSSR count). The van der Waals surface area contributed by atoms with E-state index in [4.69, 9.17) is 0 Å². The molecule has 1 N–H and O–H groups in total. The van der Waals surface area contributed by atoms with Gasteiger partial charge in [-0.3, -0.25) is 0 Å². The summed E-state index contributed by atoms with van der Waals surface area (Å²) in [5, 5.41) is 0. The van der Waals surface area contributed by atoms with Crippen LogP contribution in [0.15, 0.2) is 18.2 Å². The maximum atomic E-state index is 13.8. The highest BCUT2D eigenvalue weighted by Crippen LogP contribution is 2.20. The summed E-state index contributed by atoms with van der Waals surface area (Å²) in [7, 11) is -7.06. The molecule has 0 amide bonds. The molecule has 0 saturated carbocycles. The van der Waals surface area contributed by atoms with E-state index in [-0.39, 0.29) is 18.7 Å². The zero-order chi connectivity index (χ0) is 16.5. The lowest BCUT2D eigenvalue weighted by Gasteiger charge is -2.17. The summed E-state index contributed by atoms with van der Waals surface area (Å²) in [5.41, 5.74) is 0.836. The second kappa shape index (κ2) is 6.23. The molecule has 6 nitrogen and oxygen atoms in total. The third kappa shape index (κ3) is 4.48. The van der Waals surface area contributed by atoms with Crippen LogP contribution in [0.4, 0.5) is 4.39 Å². The maximum absolute atomic E-state index is 13.8. The van der Waals surface area contributed by atoms with Gasteiger partial charge in [0, 0.05) is 24.7 Å². The largest absolute Gasteiger partial charge is 0.218 e. The van der Waals surface area contributed by atoms with E-state index in [1.165, 1.54) is 16.4 Å². The van der Waals surface area contributed by atoms with Gasteiger partial charge in [-0.15, -0.1) is 0 Å². The van der Waals surface area contributed by atoms with Crippen molar-refractivity contribution >= 4 is 20.0 Å². The lowest BCUT2D eigenvalue weighted by Crippen LogP contribution is -2.38. The van der Waals surface area contributed by atoms with Crippen LogP contribution in [0.2, 0.25) is 0 Å². The molecule has 0 unspecified atom stereocenters. The Labute approximate surface area is 130 Å². The predicted octanol–water partition coefficient (Wildman–Crippen LogP) is 0.587. The van der Waals surface area contributed by atoms with Gasteiger partial charge in [0.15, 0.2) is 0 Å². The van der Waals surface area contributed by atoms with Gasteiger partial charge in [0.25, 0.3) is 0 Å². The van der Waals surface area contributed by atoms with Gasteiger partial charge in [-0.1, -0.05) is 12.1 Å². The first-order valence-electron chi connectivity index (χ1n) is 6.77. The average molecular weight is 350 g/mol. The Kier molecular flexibility index (Phi) is 4.90. The van der Waals surface area contributed by atoms with Crippen LogP contribution < -0.4 is 4.72 Å². The number of aryl methyl sites for hydroxylation is 1. The van der Waals surface area contributed by atoms with Crippen molar-refractivity contribution in [3.8, 4) is 0 Å². The molecule has 0 radical (unpaired) electrons. The molecular weight excluding hydrogens is 331 g/mol. The number of rotatable bonds is 5. The van der Waals surface area contributed by atoms with E-state index in [1.54, 1.807) is 13.0 Å². The molecule has 1 aromatic carbocycles. The fraction of sp³-hybridized carbons (Fsp3) is 0.538. The summed E-state index contributed by atoms with van der Waals surface area (Å²) in [6, 6.07) is 3.98. The molecule has 1 aliphatic heterocycles. The normalized spacial score (nSPS) is 20.4. The highest BCUT2D eigenvalue weighted by atomic mass is 32.2. The Hall–Kier alpha value is -1.03. The lowest BCUT2D eigenvalue weighted by atomic mass is 10.2.